The Kier molecular flexibility index (Phi) is 5.93. The van der Waals surface area contributed by atoms with Gasteiger partial charge < -0.3 is 11.1 Å². The molecule has 0 saturated heterocycles. The summed E-state index contributed by atoms with van der Waals surface area (Å²) in [5.74, 6) is -1.46. The first-order valence-corrected chi connectivity index (χ1v) is 7.76. The molecule has 1 atom stereocenters. The standard InChI is InChI=1S/C16H27F3N2O/c1-10(15(2,3)4)9-13(20)21-14(22)11-5-7-12(8-6-11)16(17,18)19/h9-12H,5-8,20H2,1-4H3,(H,21,22)/b13-9+. The van der Waals surface area contributed by atoms with Crippen molar-refractivity contribution >= 4 is 5.91 Å². The van der Waals surface area contributed by atoms with Crippen LogP contribution in [0.3, 0.4) is 0 Å². The van der Waals surface area contributed by atoms with Crippen LogP contribution in [-0.4, -0.2) is 12.1 Å². The maximum atomic E-state index is 12.6. The van der Waals surface area contributed by atoms with Crippen molar-refractivity contribution in [3.63, 3.8) is 0 Å². The summed E-state index contributed by atoms with van der Waals surface area (Å²) in [6.07, 6.45) is -1.80. The second kappa shape index (κ2) is 6.92. The molecule has 1 fully saturated rings. The number of nitrogens with two attached hydrogens (primary N) is 1. The molecule has 0 aromatic carbocycles. The van der Waals surface area contributed by atoms with E-state index in [0.717, 1.165) is 0 Å². The Morgan fingerprint density at radius 3 is 2.09 bits per heavy atom. The minimum absolute atomic E-state index is 0.0175. The number of carbonyl (C=O) groups excluding carboxylic acids is 1. The molecule has 1 aliphatic rings. The van der Waals surface area contributed by atoms with Gasteiger partial charge in [-0.2, -0.15) is 13.2 Å². The minimum atomic E-state index is -4.15. The lowest BCUT2D eigenvalue weighted by atomic mass is 9.81. The van der Waals surface area contributed by atoms with E-state index in [-0.39, 0.29) is 54.7 Å². The molecule has 0 aromatic rings. The summed E-state index contributed by atoms with van der Waals surface area (Å²) >= 11 is 0. The molecule has 6 heteroatoms. The summed E-state index contributed by atoms with van der Waals surface area (Å²) in [6, 6.07) is 0. The summed E-state index contributed by atoms with van der Waals surface area (Å²) in [5.41, 5.74) is 5.85. The minimum Gasteiger partial charge on any atom is -0.385 e. The van der Waals surface area contributed by atoms with Gasteiger partial charge in [0.1, 0.15) is 0 Å². The van der Waals surface area contributed by atoms with Crippen molar-refractivity contribution in [3.05, 3.63) is 11.9 Å². The van der Waals surface area contributed by atoms with E-state index in [4.69, 9.17) is 5.73 Å². The number of allylic oxidation sites excluding steroid dienone is 1. The van der Waals surface area contributed by atoms with E-state index in [2.05, 4.69) is 26.1 Å². The van der Waals surface area contributed by atoms with Crippen LogP contribution in [0.5, 0.6) is 0 Å². The normalized spacial score (nSPS) is 25.7. The van der Waals surface area contributed by atoms with Crippen molar-refractivity contribution in [2.24, 2.45) is 28.9 Å². The molecular formula is C16H27F3N2O. The second-order valence-corrected chi connectivity index (χ2v) is 7.36. The number of alkyl halides is 3. The highest BCUT2D eigenvalue weighted by atomic mass is 19.4. The van der Waals surface area contributed by atoms with Crippen LogP contribution in [-0.2, 0) is 4.79 Å². The lowest BCUT2D eigenvalue weighted by Gasteiger charge is -2.29. The molecule has 3 N–H and O–H groups in total. The van der Waals surface area contributed by atoms with Gasteiger partial charge in [0.05, 0.1) is 11.7 Å². The van der Waals surface area contributed by atoms with Crippen LogP contribution in [0.4, 0.5) is 13.2 Å². The molecule has 3 nitrogen and oxygen atoms in total. The first kappa shape index (κ1) is 18.8. The zero-order chi connectivity index (χ0) is 17.1. The number of rotatable bonds is 3. The van der Waals surface area contributed by atoms with Gasteiger partial charge >= 0.3 is 6.18 Å². The van der Waals surface area contributed by atoms with Gasteiger partial charge in [0.15, 0.2) is 0 Å². The summed E-state index contributed by atoms with van der Waals surface area (Å²) in [5, 5.41) is 2.62. The lowest BCUT2D eigenvalue weighted by molar-refractivity contribution is -0.184. The number of hydrogen-bond acceptors (Lipinski definition) is 2. The molecule has 0 radical (unpaired) electrons. The fourth-order valence-electron chi connectivity index (χ4n) is 2.49. The van der Waals surface area contributed by atoms with E-state index >= 15 is 0 Å². The van der Waals surface area contributed by atoms with E-state index in [1.165, 1.54) is 0 Å². The summed E-state index contributed by atoms with van der Waals surface area (Å²) in [6.45, 7) is 8.22. The van der Waals surface area contributed by atoms with Gasteiger partial charge in [-0.3, -0.25) is 4.79 Å². The van der Waals surface area contributed by atoms with Crippen molar-refractivity contribution in [2.75, 3.05) is 0 Å². The second-order valence-electron chi connectivity index (χ2n) is 7.36. The van der Waals surface area contributed by atoms with Crippen LogP contribution in [0, 0.1) is 23.2 Å². The molecular weight excluding hydrogens is 293 g/mol. The molecule has 0 spiro atoms. The molecule has 1 aliphatic carbocycles. The van der Waals surface area contributed by atoms with E-state index in [9.17, 15) is 18.0 Å². The molecule has 22 heavy (non-hydrogen) atoms. The van der Waals surface area contributed by atoms with Gasteiger partial charge in [0.2, 0.25) is 5.91 Å². The number of halogens is 3. The van der Waals surface area contributed by atoms with Crippen molar-refractivity contribution in [1.82, 2.24) is 5.32 Å². The zero-order valence-electron chi connectivity index (χ0n) is 13.8. The highest BCUT2D eigenvalue weighted by Gasteiger charge is 2.42. The number of nitrogens with one attached hydrogen (secondary N) is 1. The molecule has 0 aliphatic heterocycles. The van der Waals surface area contributed by atoms with Crippen molar-refractivity contribution in [2.45, 2.75) is 59.6 Å². The SMILES string of the molecule is CC(/C=C(\N)NC(=O)C1CCC(C(F)(F)F)CC1)C(C)(C)C. The first-order chi connectivity index (χ1) is 9.91. The summed E-state index contributed by atoms with van der Waals surface area (Å²) in [7, 11) is 0. The smallest absolute Gasteiger partial charge is 0.385 e. The largest absolute Gasteiger partial charge is 0.391 e. The van der Waals surface area contributed by atoms with Crippen molar-refractivity contribution in [1.29, 1.82) is 0 Å². The fourth-order valence-corrected chi connectivity index (χ4v) is 2.49. The maximum absolute atomic E-state index is 12.6. The molecule has 1 unspecified atom stereocenters. The van der Waals surface area contributed by atoms with Gasteiger partial charge in [-0.15, -0.1) is 0 Å². The Morgan fingerprint density at radius 2 is 1.68 bits per heavy atom. The fraction of sp³-hybridized carbons (Fsp3) is 0.812. The Labute approximate surface area is 130 Å². The van der Waals surface area contributed by atoms with E-state index in [0.29, 0.717) is 0 Å². The van der Waals surface area contributed by atoms with Gasteiger partial charge in [-0.1, -0.05) is 27.7 Å². The van der Waals surface area contributed by atoms with Crippen LogP contribution in [0.15, 0.2) is 11.9 Å². The highest BCUT2D eigenvalue weighted by molar-refractivity contribution is 5.80. The quantitative estimate of drug-likeness (QED) is 0.827. The van der Waals surface area contributed by atoms with E-state index < -0.39 is 12.1 Å². The predicted octanol–water partition coefficient (Wildman–Crippen LogP) is 3.95. The monoisotopic (exact) mass is 320 g/mol. The Hall–Kier alpha value is -1.20. The maximum Gasteiger partial charge on any atom is 0.391 e. The zero-order valence-corrected chi connectivity index (χ0v) is 13.8. The number of amides is 1. The topological polar surface area (TPSA) is 55.1 Å². The highest BCUT2D eigenvalue weighted by Crippen LogP contribution is 2.39. The molecule has 0 aromatic heterocycles. The molecule has 1 rings (SSSR count). The van der Waals surface area contributed by atoms with Crippen LogP contribution >= 0.6 is 0 Å². The average Bonchev–Trinajstić information content (AvgIpc) is 2.36. The molecule has 128 valence electrons. The molecule has 1 saturated carbocycles. The van der Waals surface area contributed by atoms with Crippen LogP contribution in [0.2, 0.25) is 0 Å². The van der Waals surface area contributed by atoms with Gasteiger partial charge in [0.25, 0.3) is 0 Å². The third-order valence-electron chi connectivity index (χ3n) is 4.62. The van der Waals surface area contributed by atoms with Gasteiger partial charge in [-0.05, 0) is 43.1 Å². The summed E-state index contributed by atoms with van der Waals surface area (Å²) < 4.78 is 37.8. The van der Waals surface area contributed by atoms with Crippen molar-refractivity contribution < 1.29 is 18.0 Å². The van der Waals surface area contributed by atoms with Crippen LogP contribution in [0.25, 0.3) is 0 Å². The third kappa shape index (κ3) is 5.54. The Morgan fingerprint density at radius 1 is 1.18 bits per heavy atom. The molecule has 1 amide bonds. The summed E-state index contributed by atoms with van der Waals surface area (Å²) in [4.78, 5) is 12.1. The van der Waals surface area contributed by atoms with Crippen molar-refractivity contribution in [3.8, 4) is 0 Å². The Bertz CT molecular complexity index is 416. The van der Waals surface area contributed by atoms with Crippen LogP contribution < -0.4 is 11.1 Å². The first-order valence-electron chi connectivity index (χ1n) is 7.76. The molecule has 0 bridgehead atoms. The lowest BCUT2D eigenvalue weighted by Crippen LogP contribution is -2.37. The van der Waals surface area contributed by atoms with Gasteiger partial charge in [-0.25, -0.2) is 0 Å². The molecule has 0 heterocycles. The van der Waals surface area contributed by atoms with E-state index in [1.807, 2.05) is 6.92 Å². The van der Waals surface area contributed by atoms with Gasteiger partial charge in [0, 0.05) is 5.92 Å². The van der Waals surface area contributed by atoms with Crippen LogP contribution in [0.1, 0.15) is 53.4 Å². The number of hydrogen-bond donors (Lipinski definition) is 2. The predicted molar refractivity (Wildman–Crippen MR) is 80.5 cm³/mol. The number of carbonyl (C=O) groups is 1. The third-order valence-corrected chi connectivity index (χ3v) is 4.62. The van der Waals surface area contributed by atoms with E-state index in [1.54, 1.807) is 6.08 Å². The average molecular weight is 320 g/mol. The Balaban J connectivity index is 2.52.